The predicted octanol–water partition coefficient (Wildman–Crippen LogP) is 4.73. The molecular formula is C18H22FNO. The van der Waals surface area contributed by atoms with Gasteiger partial charge in [0.1, 0.15) is 17.3 Å². The molecule has 0 atom stereocenters. The van der Waals surface area contributed by atoms with Gasteiger partial charge >= 0.3 is 0 Å². The Bertz CT molecular complexity index is 623. The first-order valence-corrected chi connectivity index (χ1v) is 7.22. The zero-order chi connectivity index (χ0) is 15.4. The highest BCUT2D eigenvalue weighted by Gasteiger charge is 2.05. The highest BCUT2D eigenvalue weighted by molar-refractivity contribution is 5.38. The zero-order valence-electron chi connectivity index (χ0n) is 13.0. The molecule has 3 heteroatoms. The van der Waals surface area contributed by atoms with E-state index in [1.54, 1.807) is 19.1 Å². The molecule has 0 aromatic heterocycles. The Hall–Kier alpha value is -1.87. The van der Waals surface area contributed by atoms with Gasteiger partial charge < -0.3 is 10.1 Å². The van der Waals surface area contributed by atoms with E-state index in [9.17, 15) is 4.39 Å². The average Bonchev–Trinajstić information content (AvgIpc) is 2.42. The van der Waals surface area contributed by atoms with Crippen molar-refractivity contribution >= 4 is 0 Å². The third kappa shape index (κ3) is 4.30. The molecule has 0 heterocycles. The molecule has 2 rings (SSSR count). The second-order valence-corrected chi connectivity index (χ2v) is 5.64. The van der Waals surface area contributed by atoms with Gasteiger partial charge in [0, 0.05) is 18.7 Å². The summed E-state index contributed by atoms with van der Waals surface area (Å²) < 4.78 is 19.2. The molecule has 2 nitrogen and oxygen atoms in total. The standard InChI is InChI=1S/C18H22FNO/c1-12(2)20-11-15-6-8-16(9-14(15)4)21-17-7-5-13(3)18(19)10-17/h5-10,12,20H,11H2,1-4H3. The Morgan fingerprint density at radius 1 is 1.00 bits per heavy atom. The first-order valence-electron chi connectivity index (χ1n) is 7.22. The molecule has 0 aliphatic rings. The minimum atomic E-state index is -0.248. The SMILES string of the molecule is Cc1ccc(Oc2ccc(CNC(C)C)c(C)c2)cc1F. The minimum Gasteiger partial charge on any atom is -0.457 e. The van der Waals surface area contributed by atoms with Crippen molar-refractivity contribution in [3.63, 3.8) is 0 Å². The molecule has 21 heavy (non-hydrogen) atoms. The van der Waals surface area contributed by atoms with Gasteiger partial charge in [-0.05, 0) is 48.7 Å². The third-order valence-electron chi connectivity index (χ3n) is 3.39. The fourth-order valence-electron chi connectivity index (χ4n) is 2.02. The van der Waals surface area contributed by atoms with Crippen molar-refractivity contribution in [2.75, 3.05) is 0 Å². The minimum absolute atomic E-state index is 0.248. The van der Waals surface area contributed by atoms with E-state index in [4.69, 9.17) is 4.74 Å². The average molecular weight is 287 g/mol. The molecule has 2 aromatic rings. The predicted molar refractivity (Wildman–Crippen MR) is 84.4 cm³/mol. The summed E-state index contributed by atoms with van der Waals surface area (Å²) in [6.45, 7) is 8.88. The van der Waals surface area contributed by atoms with Gasteiger partial charge in [-0.2, -0.15) is 0 Å². The van der Waals surface area contributed by atoms with Crippen LogP contribution in [0.25, 0.3) is 0 Å². The van der Waals surface area contributed by atoms with Crippen molar-refractivity contribution in [1.82, 2.24) is 5.32 Å². The molecule has 0 unspecified atom stereocenters. The van der Waals surface area contributed by atoms with Crippen molar-refractivity contribution in [3.8, 4) is 11.5 Å². The summed E-state index contributed by atoms with van der Waals surface area (Å²) in [6.07, 6.45) is 0. The van der Waals surface area contributed by atoms with E-state index in [1.807, 2.05) is 18.2 Å². The van der Waals surface area contributed by atoms with Crippen molar-refractivity contribution in [2.45, 2.75) is 40.3 Å². The van der Waals surface area contributed by atoms with Gasteiger partial charge in [0.05, 0.1) is 0 Å². The van der Waals surface area contributed by atoms with E-state index in [0.29, 0.717) is 17.4 Å². The summed E-state index contributed by atoms with van der Waals surface area (Å²) in [6, 6.07) is 11.3. The van der Waals surface area contributed by atoms with Crippen molar-refractivity contribution in [2.24, 2.45) is 0 Å². The maximum atomic E-state index is 13.5. The van der Waals surface area contributed by atoms with Crippen LogP contribution in [0, 0.1) is 19.7 Å². The number of benzene rings is 2. The Morgan fingerprint density at radius 3 is 2.29 bits per heavy atom. The lowest BCUT2D eigenvalue weighted by atomic mass is 10.1. The first kappa shape index (κ1) is 15.5. The van der Waals surface area contributed by atoms with Crippen LogP contribution in [-0.2, 0) is 6.54 Å². The van der Waals surface area contributed by atoms with E-state index in [1.165, 1.54) is 11.6 Å². The molecule has 112 valence electrons. The van der Waals surface area contributed by atoms with Crippen LogP contribution in [0.3, 0.4) is 0 Å². The van der Waals surface area contributed by atoms with Crippen LogP contribution in [0.5, 0.6) is 11.5 Å². The smallest absolute Gasteiger partial charge is 0.130 e. The van der Waals surface area contributed by atoms with E-state index < -0.39 is 0 Å². The first-order chi connectivity index (χ1) is 9.95. The van der Waals surface area contributed by atoms with Crippen molar-refractivity contribution in [1.29, 1.82) is 0 Å². The molecule has 0 aliphatic heterocycles. The number of halogens is 1. The van der Waals surface area contributed by atoms with E-state index in [-0.39, 0.29) is 5.82 Å². The summed E-state index contributed by atoms with van der Waals surface area (Å²) in [5, 5.41) is 3.40. The second kappa shape index (κ2) is 6.72. The van der Waals surface area contributed by atoms with Crippen LogP contribution in [0.4, 0.5) is 4.39 Å². The Labute approximate surface area is 126 Å². The Morgan fingerprint density at radius 2 is 1.67 bits per heavy atom. The molecule has 0 fully saturated rings. The normalized spacial score (nSPS) is 11.0. The summed E-state index contributed by atoms with van der Waals surface area (Å²) in [4.78, 5) is 0. The summed E-state index contributed by atoms with van der Waals surface area (Å²) in [5.74, 6) is 0.997. The number of rotatable bonds is 5. The number of nitrogens with one attached hydrogen (secondary N) is 1. The van der Waals surface area contributed by atoms with Gasteiger partial charge in [0.2, 0.25) is 0 Å². The molecule has 2 aromatic carbocycles. The van der Waals surface area contributed by atoms with Crippen LogP contribution in [0.1, 0.15) is 30.5 Å². The van der Waals surface area contributed by atoms with Crippen LogP contribution in [0.15, 0.2) is 36.4 Å². The van der Waals surface area contributed by atoms with Crippen LogP contribution in [0.2, 0.25) is 0 Å². The van der Waals surface area contributed by atoms with Gasteiger partial charge in [0.15, 0.2) is 0 Å². The highest BCUT2D eigenvalue weighted by Crippen LogP contribution is 2.25. The zero-order valence-corrected chi connectivity index (χ0v) is 13.0. The summed E-state index contributed by atoms with van der Waals surface area (Å²) >= 11 is 0. The molecule has 0 spiro atoms. The number of aryl methyl sites for hydroxylation is 2. The molecule has 0 saturated heterocycles. The molecule has 0 bridgehead atoms. The van der Waals surface area contributed by atoms with E-state index in [0.717, 1.165) is 17.9 Å². The quantitative estimate of drug-likeness (QED) is 0.858. The molecule has 0 radical (unpaired) electrons. The number of ether oxygens (including phenoxy) is 1. The molecule has 1 N–H and O–H groups in total. The molecule has 0 saturated carbocycles. The third-order valence-corrected chi connectivity index (χ3v) is 3.39. The van der Waals surface area contributed by atoms with E-state index in [2.05, 4.69) is 26.1 Å². The maximum Gasteiger partial charge on any atom is 0.130 e. The maximum absolute atomic E-state index is 13.5. The molecule has 0 amide bonds. The second-order valence-electron chi connectivity index (χ2n) is 5.64. The monoisotopic (exact) mass is 287 g/mol. The lowest BCUT2D eigenvalue weighted by Gasteiger charge is -2.12. The fraction of sp³-hybridized carbons (Fsp3) is 0.333. The van der Waals surface area contributed by atoms with Crippen molar-refractivity contribution < 1.29 is 9.13 Å². The van der Waals surface area contributed by atoms with Gasteiger partial charge in [-0.1, -0.05) is 26.0 Å². The topological polar surface area (TPSA) is 21.3 Å². The van der Waals surface area contributed by atoms with Gasteiger partial charge in [0.25, 0.3) is 0 Å². The lowest BCUT2D eigenvalue weighted by molar-refractivity contribution is 0.475. The van der Waals surface area contributed by atoms with E-state index >= 15 is 0 Å². The van der Waals surface area contributed by atoms with Gasteiger partial charge in [-0.25, -0.2) is 4.39 Å². The molecule has 0 aliphatic carbocycles. The Kier molecular flexibility index (Phi) is 4.97. The van der Waals surface area contributed by atoms with Crippen molar-refractivity contribution in [3.05, 3.63) is 58.9 Å². The largest absolute Gasteiger partial charge is 0.457 e. The van der Waals surface area contributed by atoms with Gasteiger partial charge in [-0.3, -0.25) is 0 Å². The van der Waals surface area contributed by atoms with Crippen LogP contribution >= 0.6 is 0 Å². The highest BCUT2D eigenvalue weighted by atomic mass is 19.1. The number of hydrogen-bond donors (Lipinski definition) is 1. The summed E-state index contributed by atoms with van der Waals surface area (Å²) in [7, 11) is 0. The van der Waals surface area contributed by atoms with Gasteiger partial charge in [-0.15, -0.1) is 0 Å². The van der Waals surface area contributed by atoms with Crippen LogP contribution < -0.4 is 10.1 Å². The van der Waals surface area contributed by atoms with Crippen LogP contribution in [-0.4, -0.2) is 6.04 Å². The summed E-state index contributed by atoms with van der Waals surface area (Å²) in [5.41, 5.74) is 3.02. The lowest BCUT2D eigenvalue weighted by Crippen LogP contribution is -2.22. The molecular weight excluding hydrogens is 265 g/mol. The Balaban J connectivity index is 2.10. The fourth-order valence-corrected chi connectivity index (χ4v) is 2.02. The number of hydrogen-bond acceptors (Lipinski definition) is 2.